The van der Waals surface area contributed by atoms with Gasteiger partial charge in [-0.15, -0.1) is 0 Å². The summed E-state index contributed by atoms with van der Waals surface area (Å²) >= 11 is 5.95. The number of carbonyl (C=O) groups is 1. The van der Waals surface area contributed by atoms with Crippen LogP contribution in [-0.4, -0.2) is 32.0 Å². The first-order valence-electron chi connectivity index (χ1n) is 7.43. The van der Waals surface area contributed by atoms with Crippen molar-refractivity contribution < 1.29 is 4.79 Å². The molecule has 0 spiro atoms. The van der Waals surface area contributed by atoms with Gasteiger partial charge >= 0.3 is 0 Å². The second kappa shape index (κ2) is 7.45. The molecule has 0 aliphatic heterocycles. The topological polar surface area (TPSA) is 64.7 Å². The first-order valence-corrected chi connectivity index (χ1v) is 7.81. The number of amides is 1. The fourth-order valence-corrected chi connectivity index (χ4v) is 2.42. The third-order valence-electron chi connectivity index (χ3n) is 3.43. The van der Waals surface area contributed by atoms with E-state index < -0.39 is 0 Å². The van der Waals surface area contributed by atoms with Crippen molar-refractivity contribution in [1.82, 2.24) is 24.9 Å². The smallest absolute Gasteiger partial charge is 0.221 e. The van der Waals surface area contributed by atoms with Crippen LogP contribution in [0.3, 0.4) is 0 Å². The summed E-state index contributed by atoms with van der Waals surface area (Å²) in [6, 6.07) is 2.01. The monoisotopic (exact) mass is 323 g/mol. The predicted octanol–water partition coefficient (Wildman–Crippen LogP) is 2.25. The Morgan fingerprint density at radius 2 is 2.05 bits per heavy atom. The molecule has 2 aromatic rings. The van der Waals surface area contributed by atoms with Gasteiger partial charge in [-0.25, -0.2) is 0 Å². The van der Waals surface area contributed by atoms with Gasteiger partial charge in [0.05, 0.1) is 16.4 Å². The second-order valence-corrected chi connectivity index (χ2v) is 5.84. The van der Waals surface area contributed by atoms with Crippen molar-refractivity contribution in [3.8, 4) is 0 Å². The molecule has 0 unspecified atom stereocenters. The number of hydrogen-bond donors (Lipinski definition) is 1. The van der Waals surface area contributed by atoms with Crippen molar-refractivity contribution >= 4 is 17.5 Å². The normalized spacial score (nSPS) is 10.9. The largest absolute Gasteiger partial charge is 0.356 e. The van der Waals surface area contributed by atoms with Gasteiger partial charge in [0.25, 0.3) is 0 Å². The Bertz CT molecular complexity index is 627. The molecule has 2 heterocycles. The molecule has 0 aliphatic carbocycles. The molecular weight excluding hydrogens is 302 g/mol. The van der Waals surface area contributed by atoms with E-state index in [0.717, 1.165) is 30.0 Å². The van der Waals surface area contributed by atoms with Crippen molar-refractivity contribution in [2.24, 2.45) is 0 Å². The molecule has 1 N–H and O–H groups in total. The molecule has 2 aromatic heterocycles. The molecule has 120 valence electrons. The van der Waals surface area contributed by atoms with Crippen LogP contribution in [0.2, 0.25) is 5.02 Å². The molecule has 1 amide bonds. The zero-order chi connectivity index (χ0) is 16.1. The number of nitrogens with one attached hydrogen (secondary N) is 1. The van der Waals surface area contributed by atoms with Gasteiger partial charge in [0, 0.05) is 37.9 Å². The molecule has 0 saturated heterocycles. The van der Waals surface area contributed by atoms with Crippen LogP contribution in [0.1, 0.15) is 29.9 Å². The lowest BCUT2D eigenvalue weighted by atomic mass is 10.3. The van der Waals surface area contributed by atoms with Gasteiger partial charge in [-0.2, -0.15) is 10.2 Å². The summed E-state index contributed by atoms with van der Waals surface area (Å²) < 4.78 is 3.67. The minimum atomic E-state index is 0.0437. The molecule has 0 bridgehead atoms. The summed E-state index contributed by atoms with van der Waals surface area (Å²) in [6.07, 6.45) is 3.07. The third kappa shape index (κ3) is 4.59. The van der Waals surface area contributed by atoms with Crippen LogP contribution in [0.4, 0.5) is 0 Å². The Morgan fingerprint density at radius 1 is 1.27 bits per heavy atom. The van der Waals surface area contributed by atoms with Crippen LogP contribution in [0.5, 0.6) is 0 Å². The molecule has 0 aromatic carbocycles. The number of rotatable bonds is 7. The van der Waals surface area contributed by atoms with Gasteiger partial charge in [-0.05, 0) is 33.3 Å². The van der Waals surface area contributed by atoms with Crippen LogP contribution in [0, 0.1) is 20.8 Å². The highest BCUT2D eigenvalue weighted by Gasteiger charge is 2.05. The van der Waals surface area contributed by atoms with E-state index in [9.17, 15) is 4.79 Å². The number of halogens is 1. The summed E-state index contributed by atoms with van der Waals surface area (Å²) in [6.45, 7) is 7.80. The van der Waals surface area contributed by atoms with Crippen molar-refractivity contribution in [3.05, 3.63) is 34.4 Å². The van der Waals surface area contributed by atoms with Crippen LogP contribution in [-0.2, 0) is 17.9 Å². The maximum absolute atomic E-state index is 11.8. The van der Waals surface area contributed by atoms with Gasteiger partial charge in [0.15, 0.2) is 0 Å². The van der Waals surface area contributed by atoms with E-state index in [4.69, 9.17) is 11.6 Å². The Labute approximate surface area is 135 Å². The minimum Gasteiger partial charge on any atom is -0.356 e. The average molecular weight is 324 g/mol. The number of aryl methyl sites for hydroxylation is 5. The van der Waals surface area contributed by atoms with E-state index in [-0.39, 0.29) is 5.91 Å². The highest BCUT2D eigenvalue weighted by Crippen LogP contribution is 2.11. The van der Waals surface area contributed by atoms with Gasteiger partial charge in [0.1, 0.15) is 0 Å². The Morgan fingerprint density at radius 3 is 2.64 bits per heavy atom. The van der Waals surface area contributed by atoms with Crippen LogP contribution in [0.15, 0.2) is 12.3 Å². The number of nitrogens with zero attached hydrogens (tertiary/aromatic N) is 4. The Hall–Kier alpha value is -1.82. The maximum Gasteiger partial charge on any atom is 0.221 e. The van der Waals surface area contributed by atoms with Crippen LogP contribution < -0.4 is 5.32 Å². The summed E-state index contributed by atoms with van der Waals surface area (Å²) in [7, 11) is 0. The van der Waals surface area contributed by atoms with E-state index in [1.54, 1.807) is 4.68 Å². The van der Waals surface area contributed by atoms with E-state index in [1.165, 1.54) is 0 Å². The maximum atomic E-state index is 11.8. The highest BCUT2D eigenvalue weighted by molar-refractivity contribution is 6.31. The SMILES string of the molecule is Cc1cc(C)n(CCC(=O)NCCCn2cc(Cl)c(C)n2)n1. The molecule has 0 aliphatic rings. The second-order valence-electron chi connectivity index (χ2n) is 5.43. The number of aromatic nitrogens is 4. The standard InChI is InChI=1S/C15H22ClN5O/c1-11-9-12(2)21(18-11)8-5-15(22)17-6-4-7-20-10-14(16)13(3)19-20/h9-10H,4-8H2,1-3H3,(H,17,22). The average Bonchev–Trinajstić information content (AvgIpc) is 2.95. The fourth-order valence-electron chi connectivity index (χ4n) is 2.27. The van der Waals surface area contributed by atoms with Crippen molar-refractivity contribution in [3.63, 3.8) is 0 Å². The van der Waals surface area contributed by atoms with E-state index >= 15 is 0 Å². The first kappa shape index (κ1) is 16.5. The molecule has 0 atom stereocenters. The summed E-state index contributed by atoms with van der Waals surface area (Å²) in [5, 5.41) is 12.2. The fraction of sp³-hybridized carbons (Fsp3) is 0.533. The number of hydrogen-bond acceptors (Lipinski definition) is 3. The molecular formula is C15H22ClN5O. The summed E-state index contributed by atoms with van der Waals surface area (Å²) in [5.41, 5.74) is 2.89. The van der Waals surface area contributed by atoms with Crippen LogP contribution >= 0.6 is 11.6 Å². The van der Waals surface area contributed by atoms with Gasteiger partial charge in [-0.1, -0.05) is 11.6 Å². The van der Waals surface area contributed by atoms with E-state index in [2.05, 4.69) is 15.5 Å². The quantitative estimate of drug-likeness (QED) is 0.795. The molecule has 22 heavy (non-hydrogen) atoms. The highest BCUT2D eigenvalue weighted by atomic mass is 35.5. The molecule has 7 heteroatoms. The Balaban J connectivity index is 1.64. The van der Waals surface area contributed by atoms with Gasteiger partial charge < -0.3 is 5.32 Å². The Kier molecular flexibility index (Phi) is 5.60. The molecule has 2 rings (SSSR count). The summed E-state index contributed by atoms with van der Waals surface area (Å²) in [5.74, 6) is 0.0437. The zero-order valence-corrected chi connectivity index (χ0v) is 14.0. The van der Waals surface area contributed by atoms with Crippen molar-refractivity contribution in [2.75, 3.05) is 6.54 Å². The first-order chi connectivity index (χ1) is 10.5. The van der Waals surface area contributed by atoms with E-state index in [1.807, 2.05) is 37.7 Å². The summed E-state index contributed by atoms with van der Waals surface area (Å²) in [4.78, 5) is 11.8. The lowest BCUT2D eigenvalue weighted by molar-refractivity contribution is -0.121. The lowest BCUT2D eigenvalue weighted by Gasteiger charge is -2.07. The molecule has 0 radical (unpaired) electrons. The van der Waals surface area contributed by atoms with E-state index in [0.29, 0.717) is 24.5 Å². The predicted molar refractivity (Wildman–Crippen MR) is 85.9 cm³/mol. The van der Waals surface area contributed by atoms with Gasteiger partial charge in [0.2, 0.25) is 5.91 Å². The van der Waals surface area contributed by atoms with Crippen molar-refractivity contribution in [2.45, 2.75) is 46.7 Å². The zero-order valence-electron chi connectivity index (χ0n) is 13.3. The molecule has 6 nitrogen and oxygen atoms in total. The van der Waals surface area contributed by atoms with Gasteiger partial charge in [-0.3, -0.25) is 14.2 Å². The van der Waals surface area contributed by atoms with Crippen molar-refractivity contribution in [1.29, 1.82) is 0 Å². The lowest BCUT2D eigenvalue weighted by Crippen LogP contribution is -2.26. The van der Waals surface area contributed by atoms with Crippen LogP contribution in [0.25, 0.3) is 0 Å². The molecule has 0 saturated carbocycles. The third-order valence-corrected chi connectivity index (χ3v) is 3.80. The number of carbonyl (C=O) groups excluding carboxylic acids is 1. The molecule has 0 fully saturated rings. The minimum absolute atomic E-state index is 0.0437.